The zero-order valence-electron chi connectivity index (χ0n) is 17.6. The van der Waals surface area contributed by atoms with Crippen molar-refractivity contribution in [2.75, 3.05) is 24.5 Å². The van der Waals surface area contributed by atoms with Crippen LogP contribution in [0.5, 0.6) is 0 Å². The highest BCUT2D eigenvalue weighted by Crippen LogP contribution is 2.43. The van der Waals surface area contributed by atoms with Gasteiger partial charge in [-0.25, -0.2) is 14.4 Å². The van der Waals surface area contributed by atoms with Crippen LogP contribution in [-0.4, -0.2) is 57.6 Å². The molecule has 0 radical (unpaired) electrons. The van der Waals surface area contributed by atoms with E-state index in [4.69, 9.17) is 17.3 Å². The summed E-state index contributed by atoms with van der Waals surface area (Å²) in [4.78, 5) is 25.7. The summed E-state index contributed by atoms with van der Waals surface area (Å²) in [5, 5.41) is 10.3. The van der Waals surface area contributed by atoms with Crippen molar-refractivity contribution in [2.45, 2.75) is 50.8 Å². The van der Waals surface area contributed by atoms with Gasteiger partial charge in [0.25, 0.3) is 0 Å². The summed E-state index contributed by atoms with van der Waals surface area (Å²) < 4.78 is 13.7. The molecule has 0 bridgehead atoms. The molecule has 1 saturated heterocycles. The van der Waals surface area contributed by atoms with Gasteiger partial charge in [-0.3, -0.25) is 4.79 Å². The van der Waals surface area contributed by atoms with E-state index >= 15 is 0 Å². The van der Waals surface area contributed by atoms with Crippen LogP contribution in [0.2, 0.25) is 5.02 Å². The molecule has 1 aromatic carbocycles. The second-order valence-electron chi connectivity index (χ2n) is 8.53. The van der Waals surface area contributed by atoms with E-state index < -0.39 is 18.0 Å². The number of rotatable bonds is 4. The normalized spacial score (nSPS) is 24.3. The molecule has 9 heteroatoms. The first-order chi connectivity index (χ1) is 14.8. The standard InChI is InChI=1S/C22H27ClFN5O2/c1-12-7-18(30)20-19(12)21(27-11-26-20)29-6-5-28(10-13(29)2)22(31)17(25)9-14-3-4-15(23)16(24)8-14/h3-4,8,11-13,17-18,30H,5-7,9-10,25H2,1-2H3/t12-,13+,17-,18-/m1/s1. The lowest BCUT2D eigenvalue weighted by Crippen LogP contribution is -2.57. The van der Waals surface area contributed by atoms with Crippen LogP contribution in [-0.2, 0) is 11.2 Å². The average molecular weight is 448 g/mol. The fourth-order valence-electron chi connectivity index (χ4n) is 4.65. The second kappa shape index (κ2) is 8.68. The lowest BCUT2D eigenvalue weighted by Gasteiger charge is -2.42. The SMILES string of the molecule is C[C@@H]1C[C@@H](O)c2ncnc(N3CCN(C(=O)[C@H](N)Cc4ccc(Cl)c(F)c4)C[C@@H]3C)c21. The lowest BCUT2D eigenvalue weighted by molar-refractivity contribution is -0.133. The molecule has 1 aromatic heterocycles. The van der Waals surface area contributed by atoms with Gasteiger partial charge in [-0.2, -0.15) is 0 Å². The molecule has 0 saturated carbocycles. The van der Waals surface area contributed by atoms with Crippen molar-refractivity contribution in [1.29, 1.82) is 0 Å². The van der Waals surface area contributed by atoms with Gasteiger partial charge in [0, 0.05) is 31.2 Å². The molecule has 0 unspecified atom stereocenters. The summed E-state index contributed by atoms with van der Waals surface area (Å²) in [5.74, 6) is 0.354. The molecule has 2 aromatic rings. The Morgan fingerprint density at radius 1 is 1.35 bits per heavy atom. The molecular formula is C22H27ClFN5O2. The van der Waals surface area contributed by atoms with Crippen LogP contribution in [0, 0.1) is 5.82 Å². The lowest BCUT2D eigenvalue weighted by atomic mass is 10.0. The molecule has 7 nitrogen and oxygen atoms in total. The van der Waals surface area contributed by atoms with Crippen LogP contribution < -0.4 is 10.6 Å². The summed E-state index contributed by atoms with van der Waals surface area (Å²) >= 11 is 5.72. The van der Waals surface area contributed by atoms with Gasteiger partial charge in [0.05, 0.1) is 22.9 Å². The molecule has 0 spiro atoms. The summed E-state index contributed by atoms with van der Waals surface area (Å²) in [6.07, 6.45) is 1.84. The highest BCUT2D eigenvalue weighted by Gasteiger charge is 2.36. The first-order valence-electron chi connectivity index (χ1n) is 10.5. The smallest absolute Gasteiger partial charge is 0.239 e. The van der Waals surface area contributed by atoms with Gasteiger partial charge < -0.3 is 20.6 Å². The number of amides is 1. The Morgan fingerprint density at radius 2 is 2.13 bits per heavy atom. The molecular weight excluding hydrogens is 421 g/mol. The molecule has 4 rings (SSSR count). The Hall–Kier alpha value is -2.29. The van der Waals surface area contributed by atoms with E-state index in [1.165, 1.54) is 18.5 Å². The molecule has 1 aliphatic heterocycles. The number of nitrogens with two attached hydrogens (primary N) is 1. The maximum absolute atomic E-state index is 13.7. The van der Waals surface area contributed by atoms with Crippen molar-refractivity contribution < 1.29 is 14.3 Å². The number of hydrogen-bond acceptors (Lipinski definition) is 6. The van der Waals surface area contributed by atoms with Crippen LogP contribution in [0.15, 0.2) is 24.5 Å². The van der Waals surface area contributed by atoms with Crippen LogP contribution in [0.25, 0.3) is 0 Å². The van der Waals surface area contributed by atoms with Gasteiger partial charge in [-0.15, -0.1) is 0 Å². The number of carbonyl (C=O) groups excluding carboxylic acids is 1. The number of fused-ring (bicyclic) bond motifs is 1. The van der Waals surface area contributed by atoms with Gasteiger partial charge >= 0.3 is 0 Å². The maximum Gasteiger partial charge on any atom is 0.239 e. The van der Waals surface area contributed by atoms with E-state index in [-0.39, 0.29) is 29.3 Å². The first-order valence-corrected chi connectivity index (χ1v) is 10.9. The Bertz CT molecular complexity index is 990. The van der Waals surface area contributed by atoms with Gasteiger partial charge in [-0.1, -0.05) is 24.6 Å². The summed E-state index contributed by atoms with van der Waals surface area (Å²) in [6.45, 7) is 5.76. The Kier molecular flexibility index (Phi) is 6.14. The van der Waals surface area contributed by atoms with Crippen LogP contribution >= 0.6 is 11.6 Å². The molecule has 1 aliphatic carbocycles. The van der Waals surface area contributed by atoms with Crippen molar-refractivity contribution in [3.63, 3.8) is 0 Å². The van der Waals surface area contributed by atoms with Crippen molar-refractivity contribution in [1.82, 2.24) is 14.9 Å². The number of piperazine rings is 1. The summed E-state index contributed by atoms with van der Waals surface area (Å²) in [6, 6.07) is 3.76. The summed E-state index contributed by atoms with van der Waals surface area (Å²) in [7, 11) is 0. The zero-order chi connectivity index (χ0) is 22.3. The third-order valence-electron chi connectivity index (χ3n) is 6.25. The van der Waals surface area contributed by atoms with Crippen molar-refractivity contribution in [2.24, 2.45) is 5.73 Å². The second-order valence-corrected chi connectivity index (χ2v) is 8.94. The number of carbonyl (C=O) groups is 1. The minimum atomic E-state index is -0.752. The molecule has 1 amide bonds. The predicted octanol–water partition coefficient (Wildman–Crippen LogP) is 2.42. The number of hydrogen-bond donors (Lipinski definition) is 2. The highest BCUT2D eigenvalue weighted by atomic mass is 35.5. The Labute approximate surface area is 186 Å². The van der Waals surface area contributed by atoms with Crippen LogP contribution in [0.3, 0.4) is 0 Å². The van der Waals surface area contributed by atoms with Crippen molar-refractivity contribution >= 4 is 23.3 Å². The van der Waals surface area contributed by atoms with Gasteiger partial charge in [0.2, 0.25) is 5.91 Å². The van der Waals surface area contributed by atoms with Crippen molar-refractivity contribution in [3.05, 3.63) is 52.2 Å². The fraction of sp³-hybridized carbons (Fsp3) is 0.500. The number of aliphatic hydroxyl groups excluding tert-OH is 1. The van der Waals surface area contributed by atoms with Crippen LogP contribution in [0.4, 0.5) is 10.2 Å². The number of halogens is 2. The number of aromatic nitrogens is 2. The van der Waals surface area contributed by atoms with Gasteiger partial charge in [0.15, 0.2) is 0 Å². The average Bonchev–Trinajstić information content (AvgIpc) is 3.04. The minimum Gasteiger partial charge on any atom is -0.387 e. The topological polar surface area (TPSA) is 95.6 Å². The first kappa shape index (κ1) is 21.9. The highest BCUT2D eigenvalue weighted by molar-refractivity contribution is 6.30. The van der Waals surface area contributed by atoms with E-state index in [0.29, 0.717) is 37.3 Å². The molecule has 3 N–H and O–H groups in total. The zero-order valence-corrected chi connectivity index (χ0v) is 18.4. The Balaban J connectivity index is 1.44. The number of benzene rings is 1. The maximum atomic E-state index is 13.7. The molecule has 1 fully saturated rings. The monoisotopic (exact) mass is 447 g/mol. The third-order valence-corrected chi connectivity index (χ3v) is 6.55. The molecule has 4 atom stereocenters. The van der Waals surface area contributed by atoms with E-state index in [9.17, 15) is 14.3 Å². The van der Waals surface area contributed by atoms with E-state index in [1.54, 1.807) is 11.0 Å². The van der Waals surface area contributed by atoms with Crippen LogP contribution in [0.1, 0.15) is 49.1 Å². The number of aliphatic hydroxyl groups is 1. The largest absolute Gasteiger partial charge is 0.387 e. The van der Waals surface area contributed by atoms with Gasteiger partial charge in [-0.05, 0) is 43.4 Å². The van der Waals surface area contributed by atoms with E-state index in [0.717, 1.165) is 11.4 Å². The number of nitrogens with zero attached hydrogens (tertiary/aromatic N) is 4. The minimum absolute atomic E-state index is 0.0295. The number of anilines is 1. The molecule has 2 aliphatic rings. The van der Waals surface area contributed by atoms with Gasteiger partial charge in [0.1, 0.15) is 18.0 Å². The quantitative estimate of drug-likeness (QED) is 0.747. The van der Waals surface area contributed by atoms with Crippen molar-refractivity contribution in [3.8, 4) is 0 Å². The molecule has 2 heterocycles. The third kappa shape index (κ3) is 4.24. The summed E-state index contributed by atoms with van der Waals surface area (Å²) in [5.41, 5.74) is 8.51. The fourth-order valence-corrected chi connectivity index (χ4v) is 4.76. The van der Waals surface area contributed by atoms with E-state index in [1.807, 2.05) is 6.92 Å². The Morgan fingerprint density at radius 3 is 2.84 bits per heavy atom. The van der Waals surface area contributed by atoms with E-state index in [2.05, 4.69) is 21.8 Å². The molecule has 31 heavy (non-hydrogen) atoms. The predicted molar refractivity (Wildman–Crippen MR) is 117 cm³/mol. The molecule has 166 valence electrons.